The molecule has 0 unspecified atom stereocenters. The maximum atomic E-state index is 15.5. The Morgan fingerprint density at radius 1 is 1.12 bits per heavy atom. The summed E-state index contributed by atoms with van der Waals surface area (Å²) in [4.78, 5) is 41.6. The summed E-state index contributed by atoms with van der Waals surface area (Å²) in [5.74, 6) is -0.853. The van der Waals surface area contributed by atoms with Crippen LogP contribution in [-0.2, 0) is 11.8 Å². The lowest BCUT2D eigenvalue weighted by Crippen LogP contribution is -2.49. The first-order valence-electron chi connectivity index (χ1n) is 17.1. The van der Waals surface area contributed by atoms with Gasteiger partial charge >= 0.3 is 0 Å². The Morgan fingerprint density at radius 2 is 1.82 bits per heavy atom. The molecule has 0 bridgehead atoms. The molecule has 0 radical (unpaired) electrons. The Kier molecular flexibility index (Phi) is 12.3. The molecule has 11 nitrogen and oxygen atoms in total. The van der Waals surface area contributed by atoms with E-state index >= 15 is 8.78 Å². The summed E-state index contributed by atoms with van der Waals surface area (Å²) in [5, 5.41) is 2.95. The van der Waals surface area contributed by atoms with E-state index in [-0.39, 0.29) is 39.1 Å². The minimum Gasteiger partial charge on any atom is -0.404 e. The van der Waals surface area contributed by atoms with Crippen LogP contribution in [0.2, 0.25) is 5.02 Å². The van der Waals surface area contributed by atoms with Crippen LogP contribution in [0.3, 0.4) is 0 Å². The van der Waals surface area contributed by atoms with Gasteiger partial charge in [0, 0.05) is 87.7 Å². The van der Waals surface area contributed by atoms with E-state index in [0.29, 0.717) is 49.1 Å². The van der Waals surface area contributed by atoms with Gasteiger partial charge in [-0.3, -0.25) is 19.5 Å². The summed E-state index contributed by atoms with van der Waals surface area (Å²) in [7, 11) is 7.30. The molecule has 1 saturated carbocycles. The highest BCUT2D eigenvalue weighted by Crippen LogP contribution is 2.46. The molecule has 2 aliphatic rings. The van der Waals surface area contributed by atoms with Crippen LogP contribution in [-0.4, -0.2) is 115 Å². The SMILES string of the molecule is COCCN=C(C)/C(=C\N)c1ccc(-c2cnc(C(=O)Nc3ccc(C(=O)N4CCN(C[C@H]5[C@H](C)[C@@H]5CN(C)C)CC4)c(Cl)c3)n2C)c(F)c1F. The predicted octanol–water partition coefficient (Wildman–Crippen LogP) is 4.88. The van der Waals surface area contributed by atoms with E-state index < -0.39 is 17.5 Å². The normalized spacial score (nSPS) is 19.9. The molecule has 1 saturated heterocycles. The number of hydrogen-bond donors (Lipinski definition) is 2. The van der Waals surface area contributed by atoms with Crippen molar-refractivity contribution in [3.63, 3.8) is 0 Å². The predicted molar refractivity (Wildman–Crippen MR) is 197 cm³/mol. The van der Waals surface area contributed by atoms with E-state index in [1.165, 1.54) is 42.2 Å². The van der Waals surface area contributed by atoms with Crippen LogP contribution in [0, 0.1) is 29.4 Å². The number of aromatic nitrogens is 2. The number of halogens is 3. The Hall–Kier alpha value is -4.17. The fraction of sp³-hybridized carbons (Fsp3) is 0.459. The van der Waals surface area contributed by atoms with E-state index in [1.54, 1.807) is 26.2 Å². The third-order valence-electron chi connectivity index (χ3n) is 9.96. The number of piperazine rings is 1. The summed E-state index contributed by atoms with van der Waals surface area (Å²) < 4.78 is 37.2. The van der Waals surface area contributed by atoms with Gasteiger partial charge in [0.05, 0.1) is 35.6 Å². The lowest BCUT2D eigenvalue weighted by atomic mass is 9.99. The van der Waals surface area contributed by atoms with Gasteiger partial charge in [-0.25, -0.2) is 13.8 Å². The van der Waals surface area contributed by atoms with Crippen LogP contribution in [0.4, 0.5) is 14.5 Å². The van der Waals surface area contributed by atoms with E-state index in [2.05, 4.69) is 46.1 Å². The number of anilines is 1. The maximum absolute atomic E-state index is 15.5. The van der Waals surface area contributed by atoms with Crippen LogP contribution >= 0.6 is 11.6 Å². The minimum atomic E-state index is -1.12. The van der Waals surface area contributed by atoms with Crippen molar-refractivity contribution in [1.82, 2.24) is 24.3 Å². The van der Waals surface area contributed by atoms with Gasteiger partial charge in [-0.1, -0.05) is 24.6 Å². The van der Waals surface area contributed by atoms with Gasteiger partial charge in [-0.05, 0) is 63.0 Å². The Morgan fingerprint density at radius 3 is 2.47 bits per heavy atom. The standard InChI is InChI=1S/C37H47ClF2N8O3/c1-22-29(20-45(3)4)30(22)21-47-12-14-48(15-13-47)37(50)26-8-7-24(17-31(26)38)44-36(49)35-43-19-32(46(35)5)27-10-9-25(33(39)34(27)40)28(18-41)23(2)42-11-16-51-6/h7-10,17-19,22,29-30H,11-16,20-21,41H2,1-6H3,(H,44,49)/b28-18+,42-23?/t22-,29+,30+/m1/s1. The smallest absolute Gasteiger partial charge is 0.291 e. The minimum absolute atomic E-state index is 0.0414. The monoisotopic (exact) mass is 724 g/mol. The highest BCUT2D eigenvalue weighted by molar-refractivity contribution is 6.34. The number of ether oxygens (including phenoxy) is 1. The third-order valence-corrected chi connectivity index (χ3v) is 10.3. The molecule has 1 aliphatic carbocycles. The van der Waals surface area contributed by atoms with Crippen LogP contribution in [0.1, 0.15) is 40.4 Å². The lowest BCUT2D eigenvalue weighted by molar-refractivity contribution is 0.0628. The second kappa shape index (κ2) is 16.4. The van der Waals surface area contributed by atoms with Gasteiger partial charge in [0.2, 0.25) is 0 Å². The second-order valence-electron chi connectivity index (χ2n) is 13.5. The average molecular weight is 725 g/mol. The van der Waals surface area contributed by atoms with Crippen molar-refractivity contribution in [2.75, 3.05) is 78.9 Å². The number of nitrogens with two attached hydrogens (primary N) is 1. The molecule has 3 atom stereocenters. The highest BCUT2D eigenvalue weighted by atomic mass is 35.5. The fourth-order valence-electron chi connectivity index (χ4n) is 6.84. The first kappa shape index (κ1) is 38.1. The first-order valence-corrected chi connectivity index (χ1v) is 17.4. The number of methoxy groups -OCH3 is 1. The number of nitrogens with zero attached hydrogens (tertiary/aromatic N) is 6. The highest BCUT2D eigenvalue weighted by Gasteiger charge is 2.47. The van der Waals surface area contributed by atoms with Crippen LogP contribution < -0.4 is 11.1 Å². The summed E-state index contributed by atoms with van der Waals surface area (Å²) in [5.41, 5.74) is 7.20. The van der Waals surface area contributed by atoms with Gasteiger partial charge in [-0.15, -0.1) is 0 Å². The average Bonchev–Trinajstić information content (AvgIpc) is 3.49. The van der Waals surface area contributed by atoms with Gasteiger partial charge in [0.15, 0.2) is 17.5 Å². The van der Waals surface area contributed by atoms with E-state index in [0.717, 1.165) is 38.0 Å². The Labute approximate surface area is 303 Å². The number of nitrogens with one attached hydrogen (secondary N) is 1. The topological polar surface area (TPSA) is 121 Å². The molecule has 0 spiro atoms. The van der Waals surface area contributed by atoms with Gasteiger partial charge in [0.1, 0.15) is 0 Å². The third kappa shape index (κ3) is 8.49. The summed E-state index contributed by atoms with van der Waals surface area (Å²) >= 11 is 6.56. The van der Waals surface area contributed by atoms with Crippen LogP contribution in [0.5, 0.6) is 0 Å². The number of carbonyl (C=O) groups excluding carboxylic acids is 2. The molecule has 2 amide bonds. The summed E-state index contributed by atoms with van der Waals surface area (Å²) in [6.45, 7) is 9.74. The first-order chi connectivity index (χ1) is 24.4. The molecule has 14 heteroatoms. The van der Waals surface area contributed by atoms with Crippen LogP contribution in [0.15, 0.2) is 47.7 Å². The molecule has 51 heavy (non-hydrogen) atoms. The number of rotatable bonds is 13. The van der Waals surface area contributed by atoms with E-state index in [1.807, 2.05) is 4.90 Å². The number of allylic oxidation sites excluding steroid dienone is 1. The number of aliphatic imine (C=N–C) groups is 1. The molecular weight excluding hydrogens is 678 g/mol. The van der Waals surface area contributed by atoms with Gasteiger partial charge < -0.3 is 30.2 Å². The maximum Gasteiger partial charge on any atom is 0.291 e. The molecule has 3 N–H and O–H groups in total. The summed E-state index contributed by atoms with van der Waals surface area (Å²) in [6, 6.07) is 7.54. The van der Waals surface area contributed by atoms with Crippen molar-refractivity contribution in [2.45, 2.75) is 13.8 Å². The molecule has 1 aliphatic heterocycles. The second-order valence-corrected chi connectivity index (χ2v) is 14.0. The Balaban J connectivity index is 1.21. The molecule has 3 aromatic rings. The zero-order chi connectivity index (χ0) is 37.0. The largest absolute Gasteiger partial charge is 0.404 e. The van der Waals surface area contributed by atoms with Crippen molar-refractivity contribution in [3.8, 4) is 11.3 Å². The van der Waals surface area contributed by atoms with Crippen LogP contribution in [0.25, 0.3) is 16.8 Å². The molecule has 5 rings (SSSR count). The van der Waals surface area contributed by atoms with Crippen molar-refractivity contribution in [3.05, 3.63) is 76.3 Å². The molecule has 2 heterocycles. The quantitative estimate of drug-likeness (QED) is 0.191. The van der Waals surface area contributed by atoms with E-state index in [9.17, 15) is 9.59 Å². The number of hydrogen-bond acceptors (Lipinski definition) is 8. The molecule has 1 aromatic heterocycles. The zero-order valence-corrected chi connectivity index (χ0v) is 30.8. The molecule has 274 valence electrons. The zero-order valence-electron chi connectivity index (χ0n) is 30.0. The van der Waals surface area contributed by atoms with Crippen molar-refractivity contribution >= 4 is 40.4 Å². The molecule has 2 aromatic carbocycles. The van der Waals surface area contributed by atoms with Gasteiger partial charge in [-0.2, -0.15) is 0 Å². The number of amides is 2. The molecule has 2 fully saturated rings. The molecular formula is C37H47ClF2N8O3. The Bertz CT molecular complexity index is 1820. The fourth-order valence-corrected chi connectivity index (χ4v) is 7.10. The van der Waals surface area contributed by atoms with E-state index in [4.69, 9.17) is 22.1 Å². The van der Waals surface area contributed by atoms with Crippen molar-refractivity contribution < 1.29 is 23.1 Å². The van der Waals surface area contributed by atoms with Crippen molar-refractivity contribution in [2.24, 2.45) is 35.5 Å². The van der Waals surface area contributed by atoms with Gasteiger partial charge in [0.25, 0.3) is 11.8 Å². The number of benzene rings is 2. The number of carbonyl (C=O) groups is 2. The summed E-state index contributed by atoms with van der Waals surface area (Å²) in [6.07, 6.45) is 2.48. The number of imidazole rings is 1. The lowest BCUT2D eigenvalue weighted by Gasteiger charge is -2.35. The van der Waals surface area contributed by atoms with Crippen molar-refractivity contribution in [1.29, 1.82) is 0 Å².